The van der Waals surface area contributed by atoms with Gasteiger partial charge in [-0.15, -0.1) is 0 Å². The third-order valence-electron chi connectivity index (χ3n) is 8.54. The molecule has 0 radical (unpaired) electrons. The lowest BCUT2D eigenvalue weighted by Gasteiger charge is -2.40. The molecule has 0 bridgehead atoms. The average molecular weight is 469 g/mol. The zero-order chi connectivity index (χ0) is 23.2. The molecule has 1 aliphatic carbocycles. The van der Waals surface area contributed by atoms with Gasteiger partial charge in [0.15, 0.2) is 0 Å². The topological polar surface area (TPSA) is 64.6 Å². The van der Waals surface area contributed by atoms with E-state index in [1.807, 2.05) is 6.20 Å². The first-order valence-electron chi connectivity index (χ1n) is 14.1. The molecule has 34 heavy (non-hydrogen) atoms. The number of amides is 1. The van der Waals surface area contributed by atoms with Crippen LogP contribution in [0.25, 0.3) is 0 Å². The predicted molar refractivity (Wildman–Crippen MR) is 137 cm³/mol. The van der Waals surface area contributed by atoms with Crippen LogP contribution in [0.1, 0.15) is 83.5 Å². The minimum atomic E-state index is 0.297. The van der Waals surface area contributed by atoms with Gasteiger partial charge >= 0.3 is 0 Å². The van der Waals surface area contributed by atoms with Crippen LogP contribution in [0.5, 0.6) is 0 Å². The fourth-order valence-corrected chi connectivity index (χ4v) is 6.58. The standard InChI is InChI=1S/C27H44N6O/c34-26(22-10-3-4-11-22)33-19-9-13-24(21-33)32-18-8-5-12-23(20-32)29-27-28-15-14-25(30-27)31-16-6-1-2-7-17-31/h14-15,22-24H,1-13,16-21H2,(H,28,29,30). The Hall–Kier alpha value is -1.89. The molecule has 5 rings (SSSR count). The summed E-state index contributed by atoms with van der Waals surface area (Å²) < 4.78 is 0. The Kier molecular flexibility index (Phi) is 8.20. The van der Waals surface area contributed by atoms with Gasteiger partial charge in [-0.05, 0) is 64.0 Å². The molecule has 1 aromatic rings. The molecular formula is C27H44N6O. The molecule has 3 saturated heterocycles. The highest BCUT2D eigenvalue weighted by Gasteiger charge is 2.33. The number of hydrogen-bond donors (Lipinski definition) is 1. The molecular weight excluding hydrogens is 424 g/mol. The van der Waals surface area contributed by atoms with Gasteiger partial charge in [-0.1, -0.05) is 32.1 Å². The number of likely N-dealkylation sites (tertiary alicyclic amines) is 2. The Balaban J connectivity index is 1.20. The number of piperidine rings is 1. The van der Waals surface area contributed by atoms with Crippen molar-refractivity contribution < 1.29 is 4.79 Å². The van der Waals surface area contributed by atoms with Crippen LogP contribution in [-0.2, 0) is 4.79 Å². The van der Waals surface area contributed by atoms with E-state index in [4.69, 9.17) is 4.98 Å². The highest BCUT2D eigenvalue weighted by molar-refractivity contribution is 5.79. The molecule has 1 amide bonds. The Morgan fingerprint density at radius 2 is 1.59 bits per heavy atom. The van der Waals surface area contributed by atoms with Crippen molar-refractivity contribution in [2.24, 2.45) is 5.92 Å². The Bertz CT molecular complexity index is 789. The van der Waals surface area contributed by atoms with Crippen molar-refractivity contribution in [1.82, 2.24) is 19.8 Å². The SMILES string of the molecule is O=C(C1CCCC1)N1CCCC(N2CCCCC(Nc3nccc(N4CCCCCC4)n3)C2)C1. The summed E-state index contributed by atoms with van der Waals surface area (Å²) in [5, 5.41) is 3.69. The molecule has 3 aliphatic heterocycles. The van der Waals surface area contributed by atoms with Gasteiger partial charge < -0.3 is 15.1 Å². The van der Waals surface area contributed by atoms with E-state index in [9.17, 15) is 4.79 Å². The van der Waals surface area contributed by atoms with Gasteiger partial charge in [0, 0.05) is 56.9 Å². The molecule has 7 heteroatoms. The first-order valence-corrected chi connectivity index (χ1v) is 14.1. The van der Waals surface area contributed by atoms with Gasteiger partial charge in [-0.25, -0.2) is 4.98 Å². The molecule has 188 valence electrons. The number of rotatable bonds is 5. The fraction of sp³-hybridized carbons (Fsp3) is 0.815. The minimum Gasteiger partial charge on any atom is -0.356 e. The zero-order valence-electron chi connectivity index (χ0n) is 21.0. The maximum Gasteiger partial charge on any atom is 0.225 e. The summed E-state index contributed by atoms with van der Waals surface area (Å²) in [6, 6.07) is 2.92. The average Bonchev–Trinajstić information content (AvgIpc) is 3.12. The van der Waals surface area contributed by atoms with Crippen molar-refractivity contribution in [3.63, 3.8) is 0 Å². The van der Waals surface area contributed by atoms with E-state index < -0.39 is 0 Å². The highest BCUT2D eigenvalue weighted by Crippen LogP contribution is 2.29. The number of carbonyl (C=O) groups is 1. The largest absolute Gasteiger partial charge is 0.356 e. The maximum absolute atomic E-state index is 13.1. The van der Waals surface area contributed by atoms with E-state index in [1.165, 1.54) is 57.8 Å². The van der Waals surface area contributed by atoms with Gasteiger partial charge in [0.05, 0.1) is 0 Å². The van der Waals surface area contributed by atoms with Crippen molar-refractivity contribution in [3.05, 3.63) is 12.3 Å². The monoisotopic (exact) mass is 468 g/mol. The molecule has 0 spiro atoms. The number of carbonyl (C=O) groups excluding carboxylic acids is 1. The number of nitrogens with zero attached hydrogens (tertiary/aromatic N) is 5. The molecule has 1 aromatic heterocycles. The van der Waals surface area contributed by atoms with Crippen molar-refractivity contribution in [2.45, 2.75) is 95.6 Å². The third kappa shape index (κ3) is 6.02. The lowest BCUT2D eigenvalue weighted by molar-refractivity contribution is -0.137. The van der Waals surface area contributed by atoms with E-state index in [0.717, 1.165) is 76.7 Å². The van der Waals surface area contributed by atoms with Crippen LogP contribution in [0.3, 0.4) is 0 Å². The molecule has 0 aromatic carbocycles. The van der Waals surface area contributed by atoms with Crippen LogP contribution in [0, 0.1) is 5.92 Å². The second kappa shape index (κ2) is 11.7. The van der Waals surface area contributed by atoms with Gasteiger partial charge in [0.1, 0.15) is 5.82 Å². The molecule has 1 saturated carbocycles. The summed E-state index contributed by atoms with van der Waals surface area (Å²) in [5.74, 6) is 2.57. The second-order valence-electron chi connectivity index (χ2n) is 11.0. The van der Waals surface area contributed by atoms with E-state index in [0.29, 0.717) is 23.9 Å². The number of nitrogens with one attached hydrogen (secondary N) is 1. The van der Waals surface area contributed by atoms with E-state index >= 15 is 0 Å². The molecule has 4 heterocycles. The first kappa shape index (κ1) is 23.8. The lowest BCUT2D eigenvalue weighted by atomic mass is 10.00. The van der Waals surface area contributed by atoms with Crippen molar-refractivity contribution in [2.75, 3.05) is 49.5 Å². The van der Waals surface area contributed by atoms with Gasteiger partial charge in [0.25, 0.3) is 0 Å². The minimum absolute atomic E-state index is 0.297. The van der Waals surface area contributed by atoms with Crippen LogP contribution < -0.4 is 10.2 Å². The van der Waals surface area contributed by atoms with E-state index in [2.05, 4.69) is 31.1 Å². The first-order chi connectivity index (χ1) is 16.8. The summed E-state index contributed by atoms with van der Waals surface area (Å²) in [6.45, 7) is 6.24. The van der Waals surface area contributed by atoms with Crippen LogP contribution in [0.2, 0.25) is 0 Å². The molecule has 4 fully saturated rings. The Morgan fingerprint density at radius 1 is 0.824 bits per heavy atom. The number of aromatic nitrogens is 2. The van der Waals surface area contributed by atoms with Crippen LogP contribution in [0.4, 0.5) is 11.8 Å². The van der Waals surface area contributed by atoms with Crippen LogP contribution in [-0.4, -0.2) is 77.0 Å². The molecule has 2 atom stereocenters. The lowest BCUT2D eigenvalue weighted by Crippen LogP contribution is -2.52. The normalized spacial score (nSPS) is 27.9. The summed E-state index contributed by atoms with van der Waals surface area (Å²) >= 11 is 0. The van der Waals surface area contributed by atoms with E-state index in [-0.39, 0.29) is 0 Å². The van der Waals surface area contributed by atoms with Crippen molar-refractivity contribution >= 4 is 17.7 Å². The fourth-order valence-electron chi connectivity index (χ4n) is 6.58. The second-order valence-corrected chi connectivity index (χ2v) is 11.0. The Morgan fingerprint density at radius 3 is 2.41 bits per heavy atom. The molecule has 2 unspecified atom stereocenters. The van der Waals surface area contributed by atoms with Crippen LogP contribution >= 0.6 is 0 Å². The van der Waals surface area contributed by atoms with Crippen molar-refractivity contribution in [3.8, 4) is 0 Å². The van der Waals surface area contributed by atoms with Gasteiger partial charge in [-0.3, -0.25) is 9.69 Å². The quantitative estimate of drug-likeness (QED) is 0.695. The number of hydrogen-bond acceptors (Lipinski definition) is 6. The molecule has 4 aliphatic rings. The molecule has 1 N–H and O–H groups in total. The summed E-state index contributed by atoms with van der Waals surface area (Å²) in [6.07, 6.45) is 17.7. The Labute approximate surface area is 205 Å². The van der Waals surface area contributed by atoms with Crippen LogP contribution in [0.15, 0.2) is 12.3 Å². The predicted octanol–water partition coefficient (Wildman–Crippen LogP) is 4.30. The smallest absolute Gasteiger partial charge is 0.225 e. The summed E-state index contributed by atoms with van der Waals surface area (Å²) in [5.41, 5.74) is 0. The summed E-state index contributed by atoms with van der Waals surface area (Å²) in [4.78, 5) is 29.8. The van der Waals surface area contributed by atoms with E-state index in [1.54, 1.807) is 0 Å². The van der Waals surface area contributed by atoms with Crippen molar-refractivity contribution in [1.29, 1.82) is 0 Å². The maximum atomic E-state index is 13.1. The van der Waals surface area contributed by atoms with Gasteiger partial charge in [-0.2, -0.15) is 4.98 Å². The van der Waals surface area contributed by atoms with Gasteiger partial charge in [0.2, 0.25) is 11.9 Å². The summed E-state index contributed by atoms with van der Waals surface area (Å²) in [7, 11) is 0. The third-order valence-corrected chi connectivity index (χ3v) is 8.54. The zero-order valence-corrected chi connectivity index (χ0v) is 21.0. The molecule has 7 nitrogen and oxygen atoms in total. The highest BCUT2D eigenvalue weighted by atomic mass is 16.2. The number of anilines is 2.